The Morgan fingerprint density at radius 3 is 2.17 bits per heavy atom. The highest BCUT2D eigenvalue weighted by Gasteiger charge is 2.05. The second-order valence-corrected chi connectivity index (χ2v) is 4.64. The molecule has 0 saturated heterocycles. The van der Waals surface area contributed by atoms with E-state index in [2.05, 4.69) is 73.8 Å². The van der Waals surface area contributed by atoms with Gasteiger partial charge in [0.1, 0.15) is 0 Å². The van der Waals surface area contributed by atoms with Gasteiger partial charge in [-0.15, -0.1) is 0 Å². The summed E-state index contributed by atoms with van der Waals surface area (Å²) in [6.07, 6.45) is 1.09. The molecule has 0 amide bonds. The van der Waals surface area contributed by atoms with E-state index >= 15 is 0 Å². The standard InChI is InChI=1S/C17H21N/c1-3-15-9-7-8-12-17(15)13-18-14(2)16-10-5-4-6-11-16/h4-12,14,18H,3,13H2,1-2H3. The molecule has 0 radical (unpaired) electrons. The summed E-state index contributed by atoms with van der Waals surface area (Å²) in [6, 6.07) is 19.6. The fourth-order valence-electron chi connectivity index (χ4n) is 2.20. The molecule has 0 heterocycles. The number of hydrogen-bond donors (Lipinski definition) is 1. The monoisotopic (exact) mass is 239 g/mol. The number of nitrogens with one attached hydrogen (secondary N) is 1. The molecule has 0 bridgehead atoms. The lowest BCUT2D eigenvalue weighted by Gasteiger charge is -2.15. The summed E-state index contributed by atoms with van der Waals surface area (Å²) < 4.78 is 0. The predicted octanol–water partition coefficient (Wildman–Crippen LogP) is 4.10. The summed E-state index contributed by atoms with van der Waals surface area (Å²) in [6.45, 7) is 5.35. The Morgan fingerprint density at radius 1 is 0.889 bits per heavy atom. The lowest BCUT2D eigenvalue weighted by Crippen LogP contribution is -2.18. The fraction of sp³-hybridized carbons (Fsp3) is 0.294. The first-order valence-corrected chi connectivity index (χ1v) is 6.66. The molecule has 0 spiro atoms. The van der Waals surface area contributed by atoms with E-state index in [1.54, 1.807) is 0 Å². The predicted molar refractivity (Wildman–Crippen MR) is 77.5 cm³/mol. The van der Waals surface area contributed by atoms with E-state index in [-0.39, 0.29) is 0 Å². The largest absolute Gasteiger partial charge is 0.306 e. The van der Waals surface area contributed by atoms with Crippen LogP contribution in [-0.4, -0.2) is 0 Å². The highest BCUT2D eigenvalue weighted by atomic mass is 14.9. The molecule has 2 aromatic carbocycles. The van der Waals surface area contributed by atoms with Crippen molar-refractivity contribution in [1.29, 1.82) is 0 Å². The van der Waals surface area contributed by atoms with Gasteiger partial charge in [0.2, 0.25) is 0 Å². The molecule has 2 rings (SSSR count). The van der Waals surface area contributed by atoms with Crippen LogP contribution < -0.4 is 5.32 Å². The topological polar surface area (TPSA) is 12.0 Å². The maximum atomic E-state index is 3.59. The first-order chi connectivity index (χ1) is 8.81. The van der Waals surface area contributed by atoms with Gasteiger partial charge in [-0.3, -0.25) is 0 Å². The molecule has 1 nitrogen and oxygen atoms in total. The first-order valence-electron chi connectivity index (χ1n) is 6.66. The summed E-state index contributed by atoms with van der Waals surface area (Å²) in [4.78, 5) is 0. The van der Waals surface area contributed by atoms with Gasteiger partial charge < -0.3 is 5.32 Å². The lowest BCUT2D eigenvalue weighted by molar-refractivity contribution is 0.572. The Hall–Kier alpha value is -1.60. The highest BCUT2D eigenvalue weighted by Crippen LogP contribution is 2.14. The van der Waals surface area contributed by atoms with Gasteiger partial charge in [-0.05, 0) is 30.0 Å². The minimum absolute atomic E-state index is 0.385. The van der Waals surface area contributed by atoms with Gasteiger partial charge in [-0.25, -0.2) is 0 Å². The Balaban J connectivity index is 1.99. The van der Waals surface area contributed by atoms with Crippen LogP contribution in [0.1, 0.15) is 36.6 Å². The Labute approximate surface area is 110 Å². The third kappa shape index (κ3) is 3.21. The van der Waals surface area contributed by atoms with Crippen LogP contribution in [0.2, 0.25) is 0 Å². The van der Waals surface area contributed by atoms with Crippen LogP contribution in [-0.2, 0) is 13.0 Å². The van der Waals surface area contributed by atoms with Gasteiger partial charge in [0, 0.05) is 12.6 Å². The van der Waals surface area contributed by atoms with Gasteiger partial charge in [0.25, 0.3) is 0 Å². The first kappa shape index (κ1) is 12.8. The average Bonchev–Trinajstić information content (AvgIpc) is 2.46. The van der Waals surface area contributed by atoms with Crippen molar-refractivity contribution in [1.82, 2.24) is 5.32 Å². The van der Waals surface area contributed by atoms with Crippen LogP contribution in [0, 0.1) is 0 Å². The molecule has 1 N–H and O–H groups in total. The molecule has 0 aliphatic carbocycles. The second kappa shape index (κ2) is 6.36. The van der Waals surface area contributed by atoms with Crippen molar-refractivity contribution in [2.45, 2.75) is 32.9 Å². The van der Waals surface area contributed by atoms with E-state index in [0.29, 0.717) is 6.04 Å². The maximum Gasteiger partial charge on any atom is 0.0294 e. The van der Waals surface area contributed by atoms with Crippen molar-refractivity contribution >= 4 is 0 Å². The quantitative estimate of drug-likeness (QED) is 0.828. The van der Waals surface area contributed by atoms with Gasteiger partial charge in [-0.2, -0.15) is 0 Å². The number of rotatable bonds is 5. The lowest BCUT2D eigenvalue weighted by atomic mass is 10.0. The minimum Gasteiger partial charge on any atom is -0.306 e. The molecule has 94 valence electrons. The molecule has 0 fully saturated rings. The Kier molecular flexibility index (Phi) is 4.54. The third-order valence-corrected chi connectivity index (χ3v) is 3.40. The zero-order valence-corrected chi connectivity index (χ0v) is 11.2. The van der Waals surface area contributed by atoms with Gasteiger partial charge in [-0.1, -0.05) is 61.5 Å². The van der Waals surface area contributed by atoms with Crippen molar-refractivity contribution in [2.75, 3.05) is 0 Å². The molecule has 0 aliphatic rings. The fourth-order valence-corrected chi connectivity index (χ4v) is 2.20. The van der Waals surface area contributed by atoms with Crippen LogP contribution in [0.15, 0.2) is 54.6 Å². The van der Waals surface area contributed by atoms with Crippen molar-refractivity contribution < 1.29 is 0 Å². The van der Waals surface area contributed by atoms with Crippen LogP contribution in [0.4, 0.5) is 0 Å². The molecule has 1 unspecified atom stereocenters. The molecule has 0 saturated carbocycles. The molecular weight excluding hydrogens is 218 g/mol. The van der Waals surface area contributed by atoms with E-state index in [4.69, 9.17) is 0 Å². The molecule has 1 atom stereocenters. The molecule has 1 heteroatoms. The molecule has 0 aliphatic heterocycles. The zero-order chi connectivity index (χ0) is 12.8. The molecule has 2 aromatic rings. The number of aryl methyl sites for hydroxylation is 1. The van der Waals surface area contributed by atoms with Gasteiger partial charge in [0.05, 0.1) is 0 Å². The van der Waals surface area contributed by atoms with Crippen LogP contribution in [0.25, 0.3) is 0 Å². The summed E-state index contributed by atoms with van der Waals surface area (Å²) in [5.41, 5.74) is 4.18. The Bertz CT molecular complexity index is 476. The molecule has 0 aromatic heterocycles. The normalized spacial score (nSPS) is 12.3. The van der Waals surface area contributed by atoms with Crippen molar-refractivity contribution in [2.24, 2.45) is 0 Å². The van der Waals surface area contributed by atoms with E-state index < -0.39 is 0 Å². The van der Waals surface area contributed by atoms with Gasteiger partial charge in [0.15, 0.2) is 0 Å². The Morgan fingerprint density at radius 2 is 1.50 bits per heavy atom. The van der Waals surface area contributed by atoms with Gasteiger partial charge >= 0.3 is 0 Å². The molecular formula is C17H21N. The second-order valence-electron chi connectivity index (χ2n) is 4.64. The van der Waals surface area contributed by atoms with E-state index in [0.717, 1.165) is 13.0 Å². The third-order valence-electron chi connectivity index (χ3n) is 3.40. The van der Waals surface area contributed by atoms with E-state index in [1.807, 2.05) is 0 Å². The van der Waals surface area contributed by atoms with Crippen LogP contribution in [0.3, 0.4) is 0 Å². The minimum atomic E-state index is 0.385. The van der Waals surface area contributed by atoms with E-state index in [1.165, 1.54) is 16.7 Å². The molecule has 18 heavy (non-hydrogen) atoms. The maximum absolute atomic E-state index is 3.59. The summed E-state index contributed by atoms with van der Waals surface area (Å²) in [7, 11) is 0. The summed E-state index contributed by atoms with van der Waals surface area (Å²) in [5.74, 6) is 0. The van der Waals surface area contributed by atoms with Crippen molar-refractivity contribution in [3.8, 4) is 0 Å². The zero-order valence-electron chi connectivity index (χ0n) is 11.2. The average molecular weight is 239 g/mol. The number of benzene rings is 2. The van der Waals surface area contributed by atoms with E-state index in [9.17, 15) is 0 Å². The van der Waals surface area contributed by atoms with Crippen molar-refractivity contribution in [3.05, 3.63) is 71.3 Å². The smallest absolute Gasteiger partial charge is 0.0294 e. The summed E-state index contributed by atoms with van der Waals surface area (Å²) >= 11 is 0. The number of hydrogen-bond acceptors (Lipinski definition) is 1. The van der Waals surface area contributed by atoms with Crippen molar-refractivity contribution in [3.63, 3.8) is 0 Å². The highest BCUT2D eigenvalue weighted by molar-refractivity contribution is 5.27. The SMILES string of the molecule is CCc1ccccc1CNC(C)c1ccccc1. The summed E-state index contributed by atoms with van der Waals surface area (Å²) in [5, 5.41) is 3.59. The van der Waals surface area contributed by atoms with Crippen LogP contribution >= 0.6 is 0 Å². The van der Waals surface area contributed by atoms with Crippen LogP contribution in [0.5, 0.6) is 0 Å².